The molecule has 2 aromatic carbocycles. The molecule has 0 bridgehead atoms. The lowest BCUT2D eigenvalue weighted by molar-refractivity contribution is -0.136. The molecule has 0 saturated heterocycles. The third-order valence-corrected chi connectivity index (χ3v) is 3.55. The second-order valence-electron chi connectivity index (χ2n) is 5.52. The first-order valence-electron chi connectivity index (χ1n) is 7.39. The van der Waals surface area contributed by atoms with Crippen molar-refractivity contribution < 1.29 is 19.1 Å². The highest BCUT2D eigenvalue weighted by molar-refractivity contribution is 6.39. The number of phenolic OH excluding ortho intramolecular Hbond substituents is 1. The summed E-state index contributed by atoms with van der Waals surface area (Å²) in [6.07, 6.45) is 0. The number of phenols is 1. The standard InChI is InChI=1S/C18H16FN3O3/c1-10-5-12(6-11(2)16(10)23)9-21-17(24)18(25)22-14-3-4-15(19)13(7-14)8-20/h3-7,23H,9H2,1-2H3,(H,21,24)(H,22,25). The van der Waals surface area contributed by atoms with Crippen LogP contribution in [0.25, 0.3) is 0 Å². The molecule has 2 amide bonds. The number of aryl methyl sites for hydroxylation is 2. The molecular formula is C18H16FN3O3. The van der Waals surface area contributed by atoms with Gasteiger partial charge in [-0.25, -0.2) is 4.39 Å². The number of nitrogens with one attached hydrogen (secondary N) is 2. The molecule has 0 aliphatic rings. The Morgan fingerprint density at radius 2 is 1.80 bits per heavy atom. The van der Waals surface area contributed by atoms with Gasteiger partial charge in [0.1, 0.15) is 17.6 Å². The Labute approximate surface area is 143 Å². The van der Waals surface area contributed by atoms with E-state index in [1.165, 1.54) is 6.07 Å². The van der Waals surface area contributed by atoms with E-state index >= 15 is 0 Å². The van der Waals surface area contributed by atoms with Crippen LogP contribution in [0.1, 0.15) is 22.3 Å². The van der Waals surface area contributed by atoms with Gasteiger partial charge in [-0.05, 0) is 48.7 Å². The Morgan fingerprint density at radius 3 is 2.40 bits per heavy atom. The van der Waals surface area contributed by atoms with Crippen LogP contribution in [0.4, 0.5) is 10.1 Å². The summed E-state index contributed by atoms with van der Waals surface area (Å²) in [5.41, 5.74) is 2.00. The van der Waals surface area contributed by atoms with E-state index in [9.17, 15) is 19.1 Å². The van der Waals surface area contributed by atoms with Gasteiger partial charge in [-0.15, -0.1) is 0 Å². The minimum absolute atomic E-state index is 0.112. The molecule has 6 nitrogen and oxygen atoms in total. The molecular weight excluding hydrogens is 325 g/mol. The van der Waals surface area contributed by atoms with Crippen LogP contribution in [-0.4, -0.2) is 16.9 Å². The molecule has 0 aliphatic carbocycles. The van der Waals surface area contributed by atoms with Crippen molar-refractivity contribution in [2.75, 3.05) is 5.32 Å². The quantitative estimate of drug-likeness (QED) is 0.745. The second kappa shape index (κ2) is 7.45. The molecule has 128 valence electrons. The summed E-state index contributed by atoms with van der Waals surface area (Å²) in [6, 6.07) is 8.51. The van der Waals surface area contributed by atoms with Gasteiger partial charge in [-0.2, -0.15) is 5.26 Å². The van der Waals surface area contributed by atoms with Crippen LogP contribution in [0.2, 0.25) is 0 Å². The number of rotatable bonds is 3. The van der Waals surface area contributed by atoms with Crippen LogP contribution in [0, 0.1) is 31.0 Å². The number of carbonyl (C=O) groups excluding carboxylic acids is 2. The number of hydrogen-bond acceptors (Lipinski definition) is 4. The average Bonchev–Trinajstić information content (AvgIpc) is 2.58. The normalized spacial score (nSPS) is 10.0. The van der Waals surface area contributed by atoms with Crippen LogP contribution in [0.15, 0.2) is 30.3 Å². The van der Waals surface area contributed by atoms with E-state index in [1.54, 1.807) is 32.0 Å². The number of benzene rings is 2. The van der Waals surface area contributed by atoms with Crippen LogP contribution in [0.5, 0.6) is 5.75 Å². The molecule has 7 heteroatoms. The highest BCUT2D eigenvalue weighted by Crippen LogP contribution is 2.22. The molecule has 0 fully saturated rings. The Morgan fingerprint density at radius 1 is 1.16 bits per heavy atom. The van der Waals surface area contributed by atoms with E-state index in [1.807, 2.05) is 0 Å². The molecule has 0 heterocycles. The fourth-order valence-corrected chi connectivity index (χ4v) is 2.29. The highest BCUT2D eigenvalue weighted by Gasteiger charge is 2.15. The highest BCUT2D eigenvalue weighted by atomic mass is 19.1. The van der Waals surface area contributed by atoms with Crippen molar-refractivity contribution in [3.05, 3.63) is 58.4 Å². The lowest BCUT2D eigenvalue weighted by Crippen LogP contribution is -2.35. The lowest BCUT2D eigenvalue weighted by atomic mass is 10.1. The third-order valence-electron chi connectivity index (χ3n) is 3.55. The second-order valence-corrected chi connectivity index (χ2v) is 5.52. The van der Waals surface area contributed by atoms with Gasteiger partial charge in [-0.1, -0.05) is 12.1 Å². The molecule has 0 radical (unpaired) electrons. The summed E-state index contributed by atoms with van der Waals surface area (Å²) in [5.74, 6) is -2.31. The Hall–Kier alpha value is -3.40. The predicted molar refractivity (Wildman–Crippen MR) is 89.2 cm³/mol. The van der Waals surface area contributed by atoms with Crippen LogP contribution in [0.3, 0.4) is 0 Å². The molecule has 2 aromatic rings. The molecule has 3 N–H and O–H groups in total. The monoisotopic (exact) mass is 341 g/mol. The van der Waals surface area contributed by atoms with Gasteiger partial charge in [0.15, 0.2) is 0 Å². The average molecular weight is 341 g/mol. The summed E-state index contributed by atoms with van der Waals surface area (Å²) in [7, 11) is 0. The largest absolute Gasteiger partial charge is 0.507 e. The fraction of sp³-hybridized carbons (Fsp3) is 0.167. The van der Waals surface area contributed by atoms with Crippen molar-refractivity contribution in [2.24, 2.45) is 0 Å². The Bertz CT molecular complexity index is 865. The van der Waals surface area contributed by atoms with Gasteiger partial charge in [0.25, 0.3) is 0 Å². The molecule has 0 aromatic heterocycles. The van der Waals surface area contributed by atoms with Gasteiger partial charge in [0, 0.05) is 12.2 Å². The van der Waals surface area contributed by atoms with E-state index in [4.69, 9.17) is 5.26 Å². The predicted octanol–water partition coefficient (Wildman–Crippen LogP) is 2.27. The number of carbonyl (C=O) groups is 2. The minimum atomic E-state index is -0.928. The van der Waals surface area contributed by atoms with Crippen molar-refractivity contribution in [1.82, 2.24) is 5.32 Å². The van der Waals surface area contributed by atoms with Crippen molar-refractivity contribution in [1.29, 1.82) is 5.26 Å². The third kappa shape index (κ3) is 4.32. The van der Waals surface area contributed by atoms with E-state index in [0.717, 1.165) is 17.7 Å². The first-order valence-corrected chi connectivity index (χ1v) is 7.39. The molecule has 0 atom stereocenters. The molecule has 0 aliphatic heterocycles. The SMILES string of the molecule is Cc1cc(CNC(=O)C(=O)Nc2ccc(F)c(C#N)c2)cc(C)c1O. The maximum absolute atomic E-state index is 13.2. The van der Waals surface area contributed by atoms with Crippen molar-refractivity contribution >= 4 is 17.5 Å². The number of nitriles is 1. The first-order chi connectivity index (χ1) is 11.8. The number of halogens is 1. The Balaban J connectivity index is 1.99. The smallest absolute Gasteiger partial charge is 0.313 e. The summed E-state index contributed by atoms with van der Waals surface area (Å²) < 4.78 is 13.2. The Kier molecular flexibility index (Phi) is 5.35. The number of nitrogens with zero attached hydrogens (tertiary/aromatic N) is 1. The fourth-order valence-electron chi connectivity index (χ4n) is 2.29. The summed E-state index contributed by atoms with van der Waals surface area (Å²) in [4.78, 5) is 23.7. The number of anilines is 1. The first kappa shape index (κ1) is 17.9. The van der Waals surface area contributed by atoms with Gasteiger partial charge < -0.3 is 15.7 Å². The lowest BCUT2D eigenvalue weighted by Gasteiger charge is -2.10. The molecule has 25 heavy (non-hydrogen) atoms. The van der Waals surface area contributed by atoms with Crippen LogP contribution < -0.4 is 10.6 Å². The number of amides is 2. The van der Waals surface area contributed by atoms with E-state index in [2.05, 4.69) is 10.6 Å². The van der Waals surface area contributed by atoms with E-state index < -0.39 is 17.6 Å². The molecule has 0 spiro atoms. The van der Waals surface area contributed by atoms with Gasteiger partial charge in [-0.3, -0.25) is 9.59 Å². The number of hydrogen-bond donors (Lipinski definition) is 3. The topological polar surface area (TPSA) is 102 Å². The van der Waals surface area contributed by atoms with Crippen LogP contribution in [-0.2, 0) is 16.1 Å². The maximum atomic E-state index is 13.2. The van der Waals surface area contributed by atoms with Gasteiger partial charge >= 0.3 is 11.8 Å². The van der Waals surface area contributed by atoms with Crippen LogP contribution >= 0.6 is 0 Å². The van der Waals surface area contributed by atoms with Crippen molar-refractivity contribution in [3.63, 3.8) is 0 Å². The summed E-state index contributed by atoms with van der Waals surface area (Å²) >= 11 is 0. The zero-order valence-electron chi connectivity index (χ0n) is 13.7. The van der Waals surface area contributed by atoms with E-state index in [-0.39, 0.29) is 23.5 Å². The molecule has 0 unspecified atom stereocenters. The summed E-state index contributed by atoms with van der Waals surface area (Å²) in [6.45, 7) is 3.59. The van der Waals surface area contributed by atoms with Crippen molar-refractivity contribution in [3.8, 4) is 11.8 Å². The summed E-state index contributed by atoms with van der Waals surface area (Å²) in [5, 5.41) is 23.2. The molecule has 2 rings (SSSR count). The van der Waals surface area contributed by atoms with Gasteiger partial charge in [0.2, 0.25) is 0 Å². The maximum Gasteiger partial charge on any atom is 0.313 e. The number of aromatic hydroxyl groups is 1. The molecule has 0 saturated carbocycles. The minimum Gasteiger partial charge on any atom is -0.507 e. The van der Waals surface area contributed by atoms with Crippen molar-refractivity contribution in [2.45, 2.75) is 20.4 Å². The van der Waals surface area contributed by atoms with E-state index in [0.29, 0.717) is 11.1 Å². The zero-order valence-corrected chi connectivity index (χ0v) is 13.7. The zero-order chi connectivity index (χ0) is 18.6. The van der Waals surface area contributed by atoms with Gasteiger partial charge in [0.05, 0.1) is 5.56 Å².